The molecule has 0 saturated carbocycles. The molecule has 2 unspecified atom stereocenters. The van der Waals surface area contributed by atoms with Crippen LogP contribution in [0.2, 0.25) is 0 Å². The fraction of sp³-hybridized carbons (Fsp3) is 0.643. The minimum atomic E-state index is -0.438. The molecule has 2 bridgehead atoms. The van der Waals surface area contributed by atoms with E-state index in [4.69, 9.17) is 5.73 Å². The van der Waals surface area contributed by atoms with Gasteiger partial charge in [-0.15, -0.1) is 0 Å². The number of fused-ring (bicyclic) bond motifs is 2. The van der Waals surface area contributed by atoms with Crippen LogP contribution in [-0.4, -0.2) is 40.0 Å². The fourth-order valence-corrected chi connectivity index (χ4v) is 3.66. The second-order valence-electron chi connectivity index (χ2n) is 6.11. The molecule has 3 N–H and O–H groups in total. The standard InChI is InChI=1S/C14H21N5O2/c1-18-10-3-2-4-11(18)6-9(5-10)16-14-8-12(19(20)21)7-13(15)17-14/h7-11H,2-6H2,1H3,(H3,15,16,17). The Hall–Kier alpha value is -1.89. The Bertz CT molecular complexity index is 536. The topological polar surface area (TPSA) is 97.3 Å². The van der Waals surface area contributed by atoms with Crippen LogP contribution in [0.15, 0.2) is 12.1 Å². The van der Waals surface area contributed by atoms with Gasteiger partial charge in [-0.1, -0.05) is 6.42 Å². The monoisotopic (exact) mass is 291 g/mol. The average molecular weight is 291 g/mol. The lowest BCUT2D eigenvalue weighted by molar-refractivity contribution is -0.384. The van der Waals surface area contributed by atoms with Crippen molar-refractivity contribution < 1.29 is 4.92 Å². The number of rotatable bonds is 3. The van der Waals surface area contributed by atoms with E-state index in [1.807, 2.05) is 0 Å². The molecule has 2 fully saturated rings. The number of aromatic nitrogens is 1. The van der Waals surface area contributed by atoms with E-state index in [9.17, 15) is 10.1 Å². The van der Waals surface area contributed by atoms with E-state index in [2.05, 4.69) is 22.2 Å². The quantitative estimate of drug-likeness (QED) is 0.653. The molecule has 0 aliphatic carbocycles. The molecule has 1 aromatic rings. The van der Waals surface area contributed by atoms with E-state index >= 15 is 0 Å². The van der Waals surface area contributed by atoms with Gasteiger partial charge in [0.1, 0.15) is 11.6 Å². The molecular weight excluding hydrogens is 270 g/mol. The number of anilines is 2. The highest BCUT2D eigenvalue weighted by Gasteiger charge is 2.36. The Morgan fingerprint density at radius 1 is 1.38 bits per heavy atom. The molecule has 7 heteroatoms. The zero-order chi connectivity index (χ0) is 15.0. The molecule has 0 amide bonds. The molecule has 3 heterocycles. The van der Waals surface area contributed by atoms with Gasteiger partial charge in [0.2, 0.25) is 0 Å². The summed E-state index contributed by atoms with van der Waals surface area (Å²) in [5.41, 5.74) is 5.64. The zero-order valence-corrected chi connectivity index (χ0v) is 12.2. The Balaban J connectivity index is 1.74. The van der Waals surface area contributed by atoms with Crippen molar-refractivity contribution >= 4 is 17.3 Å². The number of hydrogen-bond acceptors (Lipinski definition) is 6. The third-order valence-electron chi connectivity index (χ3n) is 4.73. The fourth-order valence-electron chi connectivity index (χ4n) is 3.66. The van der Waals surface area contributed by atoms with E-state index in [0.29, 0.717) is 23.9 Å². The number of nitrogens with two attached hydrogens (primary N) is 1. The van der Waals surface area contributed by atoms with E-state index in [1.54, 1.807) is 0 Å². The maximum absolute atomic E-state index is 10.9. The van der Waals surface area contributed by atoms with E-state index in [-0.39, 0.29) is 11.5 Å². The van der Waals surface area contributed by atoms with Crippen LogP contribution >= 0.6 is 0 Å². The summed E-state index contributed by atoms with van der Waals surface area (Å²) in [5.74, 6) is 0.689. The first-order valence-corrected chi connectivity index (χ1v) is 7.43. The van der Waals surface area contributed by atoms with Crippen molar-refractivity contribution in [1.82, 2.24) is 9.88 Å². The number of pyridine rings is 1. The number of hydrogen-bond donors (Lipinski definition) is 2. The van der Waals surface area contributed by atoms with Crippen molar-refractivity contribution in [3.05, 3.63) is 22.2 Å². The van der Waals surface area contributed by atoms with Crippen molar-refractivity contribution in [3.63, 3.8) is 0 Å². The number of nitrogen functional groups attached to an aromatic ring is 1. The van der Waals surface area contributed by atoms with Crippen LogP contribution in [0.4, 0.5) is 17.3 Å². The van der Waals surface area contributed by atoms with Crippen molar-refractivity contribution in [2.45, 2.75) is 50.2 Å². The molecule has 0 spiro atoms. The molecule has 2 aliphatic rings. The van der Waals surface area contributed by atoms with Gasteiger partial charge in [0, 0.05) is 18.1 Å². The molecule has 0 aromatic carbocycles. The van der Waals surface area contributed by atoms with Crippen LogP contribution in [0.25, 0.3) is 0 Å². The molecule has 114 valence electrons. The second kappa shape index (κ2) is 5.48. The van der Waals surface area contributed by atoms with E-state index < -0.39 is 4.92 Å². The van der Waals surface area contributed by atoms with Gasteiger partial charge < -0.3 is 16.0 Å². The van der Waals surface area contributed by atoms with Crippen molar-refractivity contribution in [2.75, 3.05) is 18.1 Å². The summed E-state index contributed by atoms with van der Waals surface area (Å²) in [6.45, 7) is 0. The van der Waals surface area contributed by atoms with Gasteiger partial charge in [-0.3, -0.25) is 10.1 Å². The zero-order valence-electron chi connectivity index (χ0n) is 12.2. The lowest BCUT2D eigenvalue weighted by atomic mass is 9.82. The third kappa shape index (κ3) is 2.92. The number of nitrogens with zero attached hydrogens (tertiary/aromatic N) is 3. The first-order chi connectivity index (χ1) is 10.0. The second-order valence-corrected chi connectivity index (χ2v) is 6.11. The summed E-state index contributed by atoms with van der Waals surface area (Å²) in [7, 11) is 2.20. The first kappa shape index (κ1) is 14.1. The van der Waals surface area contributed by atoms with Crippen molar-refractivity contribution in [3.8, 4) is 0 Å². The predicted octanol–water partition coefficient (Wildman–Crippen LogP) is 2.00. The van der Waals surface area contributed by atoms with Crippen LogP contribution in [-0.2, 0) is 0 Å². The SMILES string of the molecule is CN1C2CCCC1CC(Nc1cc([N+](=O)[O-])cc(N)n1)C2. The van der Waals surface area contributed by atoms with Gasteiger partial charge in [0.25, 0.3) is 5.69 Å². The lowest BCUT2D eigenvalue weighted by Gasteiger charge is -2.47. The summed E-state index contributed by atoms with van der Waals surface area (Å²) in [6, 6.07) is 4.27. The maximum Gasteiger partial charge on any atom is 0.276 e. The van der Waals surface area contributed by atoms with E-state index in [0.717, 1.165) is 12.8 Å². The smallest absolute Gasteiger partial charge is 0.276 e. The maximum atomic E-state index is 10.9. The molecule has 0 radical (unpaired) electrons. The molecule has 3 rings (SSSR count). The van der Waals surface area contributed by atoms with Gasteiger partial charge in [-0.25, -0.2) is 4.98 Å². The molecule has 2 atom stereocenters. The number of piperidine rings is 2. The number of nitrogens with one attached hydrogen (secondary N) is 1. The Kier molecular flexibility index (Phi) is 3.67. The molecule has 7 nitrogen and oxygen atoms in total. The molecule has 2 aliphatic heterocycles. The lowest BCUT2D eigenvalue weighted by Crippen LogP contribution is -2.52. The summed E-state index contributed by atoms with van der Waals surface area (Å²) in [6.07, 6.45) is 5.87. The Labute approximate surface area is 123 Å². The molecule has 1 aromatic heterocycles. The molecule has 2 saturated heterocycles. The van der Waals surface area contributed by atoms with Crippen LogP contribution in [0, 0.1) is 10.1 Å². The number of nitro groups is 1. The minimum absolute atomic E-state index is 0.0156. The summed E-state index contributed by atoms with van der Waals surface area (Å²) >= 11 is 0. The third-order valence-corrected chi connectivity index (χ3v) is 4.73. The molecular formula is C14H21N5O2. The highest BCUT2D eigenvalue weighted by Crippen LogP contribution is 2.34. The van der Waals surface area contributed by atoms with Crippen LogP contribution in [0.1, 0.15) is 32.1 Å². The van der Waals surface area contributed by atoms with Gasteiger partial charge in [-0.2, -0.15) is 0 Å². The Morgan fingerprint density at radius 3 is 2.67 bits per heavy atom. The largest absolute Gasteiger partial charge is 0.383 e. The molecule has 21 heavy (non-hydrogen) atoms. The van der Waals surface area contributed by atoms with E-state index in [1.165, 1.54) is 31.4 Å². The van der Waals surface area contributed by atoms with Crippen molar-refractivity contribution in [2.24, 2.45) is 0 Å². The van der Waals surface area contributed by atoms with Gasteiger partial charge >= 0.3 is 0 Å². The average Bonchev–Trinajstić information content (AvgIpc) is 2.39. The van der Waals surface area contributed by atoms with Crippen molar-refractivity contribution in [1.29, 1.82) is 0 Å². The highest BCUT2D eigenvalue weighted by molar-refractivity contribution is 5.53. The van der Waals surface area contributed by atoms with Crippen LogP contribution in [0.5, 0.6) is 0 Å². The van der Waals surface area contributed by atoms with Gasteiger partial charge in [0.05, 0.1) is 17.1 Å². The minimum Gasteiger partial charge on any atom is -0.383 e. The van der Waals surface area contributed by atoms with Crippen LogP contribution in [0.3, 0.4) is 0 Å². The highest BCUT2D eigenvalue weighted by atomic mass is 16.6. The predicted molar refractivity (Wildman–Crippen MR) is 81.1 cm³/mol. The van der Waals surface area contributed by atoms with Gasteiger partial charge in [-0.05, 0) is 32.7 Å². The summed E-state index contributed by atoms with van der Waals surface area (Å²) in [4.78, 5) is 17.1. The first-order valence-electron chi connectivity index (χ1n) is 7.43. The normalized spacial score (nSPS) is 29.1. The van der Waals surface area contributed by atoms with Crippen LogP contribution < -0.4 is 11.1 Å². The Morgan fingerprint density at radius 2 is 2.05 bits per heavy atom. The summed E-state index contributed by atoms with van der Waals surface area (Å²) in [5, 5.41) is 14.2. The summed E-state index contributed by atoms with van der Waals surface area (Å²) < 4.78 is 0. The van der Waals surface area contributed by atoms with Gasteiger partial charge in [0.15, 0.2) is 0 Å².